The normalized spacial score (nSPS) is 15.7. The van der Waals surface area contributed by atoms with Crippen molar-refractivity contribution in [2.75, 3.05) is 6.61 Å². The van der Waals surface area contributed by atoms with Crippen LogP contribution < -0.4 is 10.5 Å². The lowest BCUT2D eigenvalue weighted by Crippen LogP contribution is -2.26. The second-order valence-electron chi connectivity index (χ2n) is 4.84. The standard InChI is InChI=1S/C17H17NO/c1-12(18)15-11-19-16-10-6-5-9-14(16)17(15)13-7-3-2-4-8-13/h2-10,12H,11,18H2,1H3. The highest BCUT2D eigenvalue weighted by Crippen LogP contribution is 2.37. The van der Waals surface area contributed by atoms with Crippen molar-refractivity contribution in [1.29, 1.82) is 0 Å². The summed E-state index contributed by atoms with van der Waals surface area (Å²) < 4.78 is 5.81. The van der Waals surface area contributed by atoms with Crippen LogP contribution in [0, 0.1) is 0 Å². The number of hydrogen-bond donors (Lipinski definition) is 1. The highest BCUT2D eigenvalue weighted by molar-refractivity contribution is 5.86. The first kappa shape index (κ1) is 12.0. The number of para-hydroxylation sites is 1. The molecule has 2 aromatic rings. The molecule has 1 aliphatic rings. The third-order valence-electron chi connectivity index (χ3n) is 3.47. The van der Waals surface area contributed by atoms with E-state index in [0.29, 0.717) is 6.61 Å². The van der Waals surface area contributed by atoms with Crippen LogP contribution >= 0.6 is 0 Å². The molecule has 1 atom stereocenters. The lowest BCUT2D eigenvalue weighted by Gasteiger charge is -2.26. The summed E-state index contributed by atoms with van der Waals surface area (Å²) in [7, 11) is 0. The highest BCUT2D eigenvalue weighted by atomic mass is 16.5. The molecular weight excluding hydrogens is 234 g/mol. The minimum absolute atomic E-state index is 0.0106. The molecule has 0 spiro atoms. The van der Waals surface area contributed by atoms with Gasteiger partial charge in [0, 0.05) is 11.6 Å². The molecule has 1 heterocycles. The van der Waals surface area contributed by atoms with Gasteiger partial charge in [0.05, 0.1) is 0 Å². The van der Waals surface area contributed by atoms with E-state index < -0.39 is 0 Å². The minimum Gasteiger partial charge on any atom is -0.489 e. The Balaban J connectivity index is 2.24. The molecule has 2 aromatic carbocycles. The van der Waals surface area contributed by atoms with Gasteiger partial charge in [0.1, 0.15) is 12.4 Å². The number of fused-ring (bicyclic) bond motifs is 1. The van der Waals surface area contributed by atoms with Crippen LogP contribution in [0.3, 0.4) is 0 Å². The molecule has 2 heteroatoms. The second-order valence-corrected chi connectivity index (χ2v) is 4.84. The van der Waals surface area contributed by atoms with Crippen LogP contribution in [0.25, 0.3) is 5.57 Å². The summed E-state index contributed by atoms with van der Waals surface area (Å²) in [6.07, 6.45) is 0. The monoisotopic (exact) mass is 251 g/mol. The largest absolute Gasteiger partial charge is 0.489 e. The van der Waals surface area contributed by atoms with Gasteiger partial charge in [-0.15, -0.1) is 0 Å². The van der Waals surface area contributed by atoms with E-state index in [1.165, 1.54) is 11.1 Å². The molecule has 0 saturated carbocycles. The molecule has 1 aliphatic heterocycles. The Morgan fingerprint density at radius 1 is 1.00 bits per heavy atom. The van der Waals surface area contributed by atoms with Crippen molar-refractivity contribution in [3.05, 3.63) is 71.3 Å². The Hall–Kier alpha value is -2.06. The lowest BCUT2D eigenvalue weighted by atomic mass is 9.88. The average molecular weight is 251 g/mol. The Kier molecular flexibility index (Phi) is 3.10. The van der Waals surface area contributed by atoms with Crippen molar-refractivity contribution < 1.29 is 4.74 Å². The maximum Gasteiger partial charge on any atom is 0.127 e. The topological polar surface area (TPSA) is 35.2 Å². The Morgan fingerprint density at radius 3 is 2.42 bits per heavy atom. The van der Waals surface area contributed by atoms with Gasteiger partial charge in [-0.2, -0.15) is 0 Å². The van der Waals surface area contributed by atoms with Crippen molar-refractivity contribution in [2.24, 2.45) is 5.73 Å². The number of benzene rings is 2. The molecule has 0 saturated heterocycles. The summed E-state index contributed by atoms with van der Waals surface area (Å²) in [6.45, 7) is 2.58. The molecule has 19 heavy (non-hydrogen) atoms. The van der Waals surface area contributed by atoms with E-state index in [1.807, 2.05) is 31.2 Å². The van der Waals surface area contributed by atoms with Crippen LogP contribution in [-0.2, 0) is 0 Å². The molecule has 0 aromatic heterocycles. The predicted octanol–water partition coefficient (Wildman–Crippen LogP) is 3.23. The highest BCUT2D eigenvalue weighted by Gasteiger charge is 2.22. The summed E-state index contributed by atoms with van der Waals surface area (Å²) in [5.74, 6) is 0.936. The molecule has 0 amide bonds. The third-order valence-corrected chi connectivity index (χ3v) is 3.47. The Bertz CT molecular complexity index is 614. The van der Waals surface area contributed by atoms with Gasteiger partial charge >= 0.3 is 0 Å². The molecule has 2 nitrogen and oxygen atoms in total. The maximum absolute atomic E-state index is 6.11. The lowest BCUT2D eigenvalue weighted by molar-refractivity contribution is 0.338. The number of ether oxygens (including phenoxy) is 1. The molecule has 0 bridgehead atoms. The van der Waals surface area contributed by atoms with Gasteiger partial charge in [0.15, 0.2) is 0 Å². The van der Waals surface area contributed by atoms with Crippen molar-refractivity contribution in [1.82, 2.24) is 0 Å². The third kappa shape index (κ3) is 2.15. The van der Waals surface area contributed by atoms with E-state index in [9.17, 15) is 0 Å². The van der Waals surface area contributed by atoms with E-state index in [1.54, 1.807) is 0 Å². The summed E-state index contributed by atoms with van der Waals surface area (Å²) in [6, 6.07) is 18.5. The molecule has 1 unspecified atom stereocenters. The fourth-order valence-electron chi connectivity index (χ4n) is 2.50. The summed E-state index contributed by atoms with van der Waals surface area (Å²) in [4.78, 5) is 0. The van der Waals surface area contributed by atoms with Crippen LogP contribution in [0.2, 0.25) is 0 Å². The zero-order chi connectivity index (χ0) is 13.2. The van der Waals surface area contributed by atoms with Crippen molar-refractivity contribution >= 4 is 5.57 Å². The van der Waals surface area contributed by atoms with Crippen LogP contribution in [0.15, 0.2) is 60.2 Å². The minimum atomic E-state index is -0.0106. The molecule has 0 fully saturated rings. The SMILES string of the molecule is CC(N)C1=C(c2ccccc2)c2ccccc2OC1. The van der Waals surface area contributed by atoms with Crippen molar-refractivity contribution in [3.63, 3.8) is 0 Å². The first-order chi connectivity index (χ1) is 9.27. The van der Waals surface area contributed by atoms with E-state index in [-0.39, 0.29) is 6.04 Å². The summed E-state index contributed by atoms with van der Waals surface area (Å²) in [5.41, 5.74) is 10.8. The van der Waals surface area contributed by atoms with Gasteiger partial charge in [0.2, 0.25) is 0 Å². The van der Waals surface area contributed by atoms with Crippen LogP contribution in [-0.4, -0.2) is 12.6 Å². The van der Waals surface area contributed by atoms with E-state index in [2.05, 4.69) is 30.3 Å². The number of rotatable bonds is 2. The average Bonchev–Trinajstić information content (AvgIpc) is 2.46. The molecule has 0 radical (unpaired) electrons. The van der Waals surface area contributed by atoms with Gasteiger partial charge in [-0.05, 0) is 29.7 Å². The Labute approximate surface area is 113 Å². The van der Waals surface area contributed by atoms with Crippen LogP contribution in [0.1, 0.15) is 18.1 Å². The van der Waals surface area contributed by atoms with Gasteiger partial charge in [-0.25, -0.2) is 0 Å². The summed E-state index contributed by atoms with van der Waals surface area (Å²) in [5, 5.41) is 0. The van der Waals surface area contributed by atoms with E-state index in [0.717, 1.165) is 16.9 Å². The molecule has 96 valence electrons. The van der Waals surface area contributed by atoms with Crippen molar-refractivity contribution in [2.45, 2.75) is 13.0 Å². The molecule has 2 N–H and O–H groups in total. The van der Waals surface area contributed by atoms with Crippen LogP contribution in [0.5, 0.6) is 5.75 Å². The fourth-order valence-corrected chi connectivity index (χ4v) is 2.50. The zero-order valence-corrected chi connectivity index (χ0v) is 11.0. The van der Waals surface area contributed by atoms with Crippen LogP contribution in [0.4, 0.5) is 0 Å². The quantitative estimate of drug-likeness (QED) is 0.889. The van der Waals surface area contributed by atoms with Crippen molar-refractivity contribution in [3.8, 4) is 5.75 Å². The number of hydrogen-bond acceptors (Lipinski definition) is 2. The van der Waals surface area contributed by atoms with Gasteiger partial charge in [0.25, 0.3) is 0 Å². The second kappa shape index (κ2) is 4.90. The van der Waals surface area contributed by atoms with E-state index >= 15 is 0 Å². The Morgan fingerprint density at radius 2 is 1.68 bits per heavy atom. The maximum atomic E-state index is 6.11. The predicted molar refractivity (Wildman–Crippen MR) is 78.1 cm³/mol. The fraction of sp³-hybridized carbons (Fsp3) is 0.176. The number of nitrogens with two attached hydrogens (primary N) is 1. The molecule has 0 aliphatic carbocycles. The van der Waals surface area contributed by atoms with Gasteiger partial charge in [-0.3, -0.25) is 0 Å². The molecule has 3 rings (SSSR count). The van der Waals surface area contributed by atoms with Gasteiger partial charge < -0.3 is 10.5 Å². The van der Waals surface area contributed by atoms with E-state index in [4.69, 9.17) is 10.5 Å². The first-order valence-corrected chi connectivity index (χ1v) is 6.53. The zero-order valence-electron chi connectivity index (χ0n) is 11.0. The molecular formula is C17H17NO. The smallest absolute Gasteiger partial charge is 0.127 e. The van der Waals surface area contributed by atoms with Gasteiger partial charge in [-0.1, -0.05) is 48.5 Å². The first-order valence-electron chi connectivity index (χ1n) is 6.53. The summed E-state index contributed by atoms with van der Waals surface area (Å²) >= 11 is 0.